The number of fused-ring (bicyclic) bond motifs is 1. The highest BCUT2D eigenvalue weighted by atomic mass is 35.5. The first-order chi connectivity index (χ1) is 10.7. The summed E-state index contributed by atoms with van der Waals surface area (Å²) < 4.78 is 5.57. The van der Waals surface area contributed by atoms with Crippen LogP contribution in [-0.4, -0.2) is 11.3 Å². The van der Waals surface area contributed by atoms with Gasteiger partial charge >= 0.3 is 0 Å². The van der Waals surface area contributed by atoms with Gasteiger partial charge in [0.25, 0.3) is 0 Å². The third-order valence-corrected chi connectivity index (χ3v) is 3.40. The van der Waals surface area contributed by atoms with Crippen molar-refractivity contribution in [3.05, 3.63) is 65.1 Å². The van der Waals surface area contributed by atoms with E-state index in [1.807, 2.05) is 31.2 Å². The Morgan fingerprint density at radius 2 is 2.00 bits per heavy atom. The van der Waals surface area contributed by atoms with E-state index in [0.717, 1.165) is 5.69 Å². The fraction of sp³-hybridized carbons (Fsp3) is 0.0588. The maximum atomic E-state index is 11.3. The molecule has 0 aliphatic heterocycles. The minimum Gasteiger partial charge on any atom is -0.436 e. The normalized spacial score (nSPS) is 11.6. The SMILES string of the molecule is Cc1ccc(N/C=C(/C=O)c2nc3cc(Cl)ccc3o2)cc1. The largest absolute Gasteiger partial charge is 0.436 e. The molecule has 110 valence electrons. The van der Waals surface area contributed by atoms with Crippen LogP contribution < -0.4 is 5.32 Å². The molecule has 0 radical (unpaired) electrons. The third-order valence-electron chi connectivity index (χ3n) is 3.17. The molecule has 3 aromatic rings. The second-order valence-electron chi connectivity index (χ2n) is 4.86. The van der Waals surface area contributed by atoms with Gasteiger partial charge in [-0.1, -0.05) is 29.3 Å². The highest BCUT2D eigenvalue weighted by molar-refractivity contribution is 6.31. The molecule has 0 aliphatic rings. The Balaban J connectivity index is 1.89. The van der Waals surface area contributed by atoms with Crippen molar-refractivity contribution in [1.29, 1.82) is 0 Å². The molecule has 0 unspecified atom stereocenters. The van der Waals surface area contributed by atoms with Gasteiger partial charge in [0, 0.05) is 16.9 Å². The number of carbonyl (C=O) groups is 1. The van der Waals surface area contributed by atoms with Crippen LogP contribution in [0.5, 0.6) is 0 Å². The van der Waals surface area contributed by atoms with Crippen molar-refractivity contribution in [3.8, 4) is 0 Å². The second kappa shape index (κ2) is 6.03. The fourth-order valence-electron chi connectivity index (χ4n) is 1.98. The van der Waals surface area contributed by atoms with Crippen LogP contribution in [0.15, 0.2) is 53.1 Å². The van der Waals surface area contributed by atoms with Crippen LogP contribution in [0.25, 0.3) is 16.7 Å². The molecule has 0 amide bonds. The van der Waals surface area contributed by atoms with Gasteiger partial charge in [-0.2, -0.15) is 0 Å². The van der Waals surface area contributed by atoms with Crippen LogP contribution in [0.4, 0.5) is 5.69 Å². The van der Waals surface area contributed by atoms with Crippen molar-refractivity contribution in [1.82, 2.24) is 4.98 Å². The van der Waals surface area contributed by atoms with Gasteiger partial charge in [0.2, 0.25) is 5.89 Å². The van der Waals surface area contributed by atoms with Crippen molar-refractivity contribution in [3.63, 3.8) is 0 Å². The number of hydrogen-bond acceptors (Lipinski definition) is 4. The minimum atomic E-state index is 0.256. The topological polar surface area (TPSA) is 55.1 Å². The van der Waals surface area contributed by atoms with E-state index in [2.05, 4.69) is 10.3 Å². The van der Waals surface area contributed by atoms with Crippen LogP contribution >= 0.6 is 11.6 Å². The van der Waals surface area contributed by atoms with E-state index < -0.39 is 0 Å². The van der Waals surface area contributed by atoms with Gasteiger partial charge < -0.3 is 9.73 Å². The Morgan fingerprint density at radius 1 is 1.23 bits per heavy atom. The first-order valence-electron chi connectivity index (χ1n) is 6.71. The summed E-state index contributed by atoms with van der Waals surface area (Å²) in [7, 11) is 0. The Kier molecular flexibility index (Phi) is 3.94. The highest BCUT2D eigenvalue weighted by Crippen LogP contribution is 2.23. The van der Waals surface area contributed by atoms with Crippen molar-refractivity contribution in [2.45, 2.75) is 6.92 Å². The van der Waals surface area contributed by atoms with E-state index >= 15 is 0 Å². The molecule has 2 aromatic carbocycles. The summed E-state index contributed by atoms with van der Waals surface area (Å²) in [5.41, 5.74) is 3.58. The monoisotopic (exact) mass is 312 g/mol. The quantitative estimate of drug-likeness (QED) is 0.571. The van der Waals surface area contributed by atoms with Crippen LogP contribution in [0.3, 0.4) is 0 Å². The molecule has 22 heavy (non-hydrogen) atoms. The number of halogens is 1. The average molecular weight is 313 g/mol. The molecular weight excluding hydrogens is 300 g/mol. The van der Waals surface area contributed by atoms with E-state index in [1.165, 1.54) is 5.56 Å². The number of nitrogens with zero attached hydrogens (tertiary/aromatic N) is 1. The summed E-state index contributed by atoms with van der Waals surface area (Å²) in [4.78, 5) is 15.6. The van der Waals surface area contributed by atoms with Crippen molar-refractivity contribution >= 4 is 40.2 Å². The molecule has 0 aliphatic carbocycles. The number of anilines is 1. The Labute approximate surface area is 132 Å². The first-order valence-corrected chi connectivity index (χ1v) is 7.08. The van der Waals surface area contributed by atoms with Crippen LogP contribution in [-0.2, 0) is 4.79 Å². The van der Waals surface area contributed by atoms with Crippen molar-refractivity contribution in [2.24, 2.45) is 0 Å². The zero-order chi connectivity index (χ0) is 15.5. The van der Waals surface area contributed by atoms with Gasteiger partial charge in [0.1, 0.15) is 5.52 Å². The molecule has 0 atom stereocenters. The summed E-state index contributed by atoms with van der Waals surface area (Å²) in [5, 5.41) is 3.63. The standard InChI is InChI=1S/C17H13ClN2O2/c1-11-2-5-14(6-3-11)19-9-12(10-21)17-20-15-8-13(18)4-7-16(15)22-17/h2-10,19H,1H3/b12-9-. The average Bonchev–Trinajstić information content (AvgIpc) is 2.92. The molecule has 3 rings (SSSR count). The molecule has 0 saturated heterocycles. The predicted molar refractivity (Wildman–Crippen MR) is 87.9 cm³/mol. The molecule has 0 bridgehead atoms. The lowest BCUT2D eigenvalue weighted by Gasteiger charge is -2.01. The van der Waals surface area contributed by atoms with E-state index in [1.54, 1.807) is 24.4 Å². The van der Waals surface area contributed by atoms with Crippen LogP contribution in [0.1, 0.15) is 11.5 Å². The summed E-state index contributed by atoms with van der Waals surface area (Å²) in [6.07, 6.45) is 2.28. The van der Waals surface area contributed by atoms with Crippen LogP contribution in [0, 0.1) is 6.92 Å². The Hall–Kier alpha value is -2.59. The van der Waals surface area contributed by atoms with Gasteiger partial charge in [0.15, 0.2) is 11.9 Å². The molecule has 1 aromatic heterocycles. The zero-order valence-electron chi connectivity index (χ0n) is 11.8. The molecule has 0 spiro atoms. The van der Waals surface area contributed by atoms with E-state index in [-0.39, 0.29) is 5.89 Å². The Bertz CT molecular complexity index is 851. The number of aldehydes is 1. The van der Waals surface area contributed by atoms with E-state index in [0.29, 0.717) is 28.0 Å². The van der Waals surface area contributed by atoms with E-state index in [4.69, 9.17) is 16.0 Å². The molecular formula is C17H13ClN2O2. The third kappa shape index (κ3) is 3.02. The maximum Gasteiger partial charge on any atom is 0.232 e. The lowest BCUT2D eigenvalue weighted by atomic mass is 10.2. The predicted octanol–water partition coefficient (Wildman–Crippen LogP) is 4.44. The van der Waals surface area contributed by atoms with Gasteiger partial charge in [-0.25, -0.2) is 4.98 Å². The summed E-state index contributed by atoms with van der Waals surface area (Å²) in [6.45, 7) is 2.01. The Morgan fingerprint density at radius 3 is 2.73 bits per heavy atom. The van der Waals surface area contributed by atoms with Crippen LogP contribution in [0.2, 0.25) is 5.02 Å². The molecule has 0 fully saturated rings. The number of allylic oxidation sites excluding steroid dienone is 1. The number of aromatic nitrogens is 1. The molecule has 1 heterocycles. The number of hydrogen-bond donors (Lipinski definition) is 1. The van der Waals surface area contributed by atoms with Gasteiger partial charge in [0.05, 0.1) is 5.57 Å². The number of aryl methyl sites for hydroxylation is 1. The number of nitrogens with one attached hydrogen (secondary N) is 1. The lowest BCUT2D eigenvalue weighted by molar-refractivity contribution is -0.103. The molecule has 4 nitrogen and oxygen atoms in total. The number of benzene rings is 2. The zero-order valence-corrected chi connectivity index (χ0v) is 12.6. The maximum absolute atomic E-state index is 11.3. The number of carbonyl (C=O) groups excluding carboxylic acids is 1. The first kappa shape index (κ1) is 14.4. The van der Waals surface area contributed by atoms with Crippen molar-refractivity contribution < 1.29 is 9.21 Å². The second-order valence-corrected chi connectivity index (χ2v) is 5.30. The van der Waals surface area contributed by atoms with Gasteiger partial charge in [-0.15, -0.1) is 0 Å². The number of rotatable bonds is 4. The van der Waals surface area contributed by atoms with E-state index in [9.17, 15) is 4.79 Å². The summed E-state index contributed by atoms with van der Waals surface area (Å²) in [6, 6.07) is 13.0. The smallest absolute Gasteiger partial charge is 0.232 e. The highest BCUT2D eigenvalue weighted by Gasteiger charge is 2.10. The fourth-order valence-corrected chi connectivity index (χ4v) is 2.15. The van der Waals surface area contributed by atoms with Crippen molar-refractivity contribution in [2.75, 3.05) is 5.32 Å². The minimum absolute atomic E-state index is 0.256. The number of oxazole rings is 1. The molecule has 0 saturated carbocycles. The summed E-state index contributed by atoms with van der Waals surface area (Å²) >= 11 is 5.92. The molecule has 5 heteroatoms. The lowest BCUT2D eigenvalue weighted by Crippen LogP contribution is -1.93. The summed E-state index contributed by atoms with van der Waals surface area (Å²) in [5.74, 6) is 0.256. The molecule has 1 N–H and O–H groups in total. The van der Waals surface area contributed by atoms with Gasteiger partial charge in [-0.05, 0) is 37.3 Å². The van der Waals surface area contributed by atoms with Gasteiger partial charge in [-0.3, -0.25) is 4.79 Å².